The van der Waals surface area contributed by atoms with Crippen LogP contribution >= 0.6 is 0 Å². The smallest absolute Gasteiger partial charge is 0.324 e. The topological polar surface area (TPSA) is 63.3 Å². The lowest BCUT2D eigenvalue weighted by Gasteiger charge is -1.98. The Bertz CT molecular complexity index is 341. The van der Waals surface area contributed by atoms with E-state index in [1.54, 1.807) is 6.08 Å². The van der Waals surface area contributed by atoms with Gasteiger partial charge in [0.2, 0.25) is 0 Å². The first-order valence-electron chi connectivity index (χ1n) is 4.33. The summed E-state index contributed by atoms with van der Waals surface area (Å²) in [5.41, 5.74) is 7.43. The van der Waals surface area contributed by atoms with Crippen molar-refractivity contribution in [2.24, 2.45) is 5.73 Å². The molecule has 1 aromatic carbocycles. The zero-order chi connectivity index (χ0) is 10.6. The molecule has 0 radical (unpaired) electrons. The number of carboxylic acids is 1. The summed E-state index contributed by atoms with van der Waals surface area (Å²) < 4.78 is 0. The summed E-state index contributed by atoms with van der Waals surface area (Å²) >= 11 is 0. The fourth-order valence-corrected chi connectivity index (χ4v) is 0.975. The number of nitrogens with two attached hydrogens (primary N) is 1. The van der Waals surface area contributed by atoms with E-state index in [2.05, 4.69) is 0 Å². The Kier molecular flexibility index (Phi) is 3.42. The van der Waals surface area contributed by atoms with Crippen molar-refractivity contribution in [3.8, 4) is 0 Å². The third-order valence-electron chi connectivity index (χ3n) is 1.86. The van der Waals surface area contributed by atoms with Gasteiger partial charge >= 0.3 is 5.97 Å². The number of benzene rings is 1. The molecular formula is C11H13NO2. The standard InChI is InChI=1S/C11H13NO2/c1-8-2-4-9(5-3-8)6-7-10(12)11(13)14/h2-7,10H,12H2,1H3,(H,13,14)/b7-6+/t10-/m0/s1. The van der Waals surface area contributed by atoms with Crippen molar-refractivity contribution >= 4 is 12.0 Å². The number of carboxylic acid groups (broad SMARTS) is 1. The summed E-state index contributed by atoms with van der Waals surface area (Å²) in [7, 11) is 0. The van der Waals surface area contributed by atoms with Crippen LogP contribution in [-0.2, 0) is 4.79 Å². The quantitative estimate of drug-likeness (QED) is 0.759. The number of aryl methyl sites for hydroxylation is 1. The lowest BCUT2D eigenvalue weighted by molar-refractivity contribution is -0.137. The molecule has 0 fully saturated rings. The average molecular weight is 191 g/mol. The van der Waals surface area contributed by atoms with Gasteiger partial charge in [-0.25, -0.2) is 0 Å². The minimum atomic E-state index is -1.02. The molecule has 3 N–H and O–H groups in total. The molecule has 74 valence electrons. The van der Waals surface area contributed by atoms with Gasteiger partial charge in [0.05, 0.1) is 0 Å². The summed E-state index contributed by atoms with van der Waals surface area (Å²) in [6.45, 7) is 2.00. The second kappa shape index (κ2) is 4.58. The van der Waals surface area contributed by atoms with Gasteiger partial charge in [-0.15, -0.1) is 0 Å². The molecule has 0 aliphatic rings. The normalized spacial score (nSPS) is 13.0. The molecule has 0 spiro atoms. The van der Waals surface area contributed by atoms with Gasteiger partial charge in [-0.3, -0.25) is 4.79 Å². The molecule has 3 nitrogen and oxygen atoms in total. The Labute approximate surface area is 82.9 Å². The summed E-state index contributed by atoms with van der Waals surface area (Å²) in [6.07, 6.45) is 3.17. The van der Waals surface area contributed by atoms with Crippen LogP contribution in [0, 0.1) is 6.92 Å². The van der Waals surface area contributed by atoms with Gasteiger partial charge in [0.25, 0.3) is 0 Å². The maximum atomic E-state index is 10.4. The molecule has 0 heterocycles. The Morgan fingerprint density at radius 1 is 1.43 bits per heavy atom. The minimum absolute atomic E-state index is 0.934. The van der Waals surface area contributed by atoms with Crippen molar-refractivity contribution in [2.45, 2.75) is 13.0 Å². The molecule has 0 aliphatic carbocycles. The van der Waals surface area contributed by atoms with E-state index >= 15 is 0 Å². The first-order valence-corrected chi connectivity index (χ1v) is 4.33. The Morgan fingerprint density at radius 3 is 2.50 bits per heavy atom. The van der Waals surface area contributed by atoms with E-state index < -0.39 is 12.0 Å². The van der Waals surface area contributed by atoms with E-state index in [4.69, 9.17) is 10.8 Å². The fraction of sp³-hybridized carbons (Fsp3) is 0.182. The van der Waals surface area contributed by atoms with E-state index in [1.807, 2.05) is 31.2 Å². The maximum absolute atomic E-state index is 10.4. The Hall–Kier alpha value is -1.61. The van der Waals surface area contributed by atoms with Crippen molar-refractivity contribution in [2.75, 3.05) is 0 Å². The van der Waals surface area contributed by atoms with Gasteiger partial charge in [-0.05, 0) is 12.5 Å². The van der Waals surface area contributed by atoms with Crippen LogP contribution in [0.25, 0.3) is 6.08 Å². The van der Waals surface area contributed by atoms with E-state index in [1.165, 1.54) is 11.6 Å². The first-order chi connectivity index (χ1) is 6.59. The third-order valence-corrected chi connectivity index (χ3v) is 1.86. The summed E-state index contributed by atoms with van der Waals surface area (Å²) in [4.78, 5) is 10.4. The number of rotatable bonds is 3. The molecule has 14 heavy (non-hydrogen) atoms. The second-order valence-electron chi connectivity index (χ2n) is 3.13. The Morgan fingerprint density at radius 2 is 2.00 bits per heavy atom. The maximum Gasteiger partial charge on any atom is 0.324 e. The SMILES string of the molecule is Cc1ccc(/C=C/[C@H](N)C(=O)O)cc1. The van der Waals surface area contributed by atoms with E-state index in [-0.39, 0.29) is 0 Å². The van der Waals surface area contributed by atoms with Crippen LogP contribution in [0.4, 0.5) is 0 Å². The molecule has 1 atom stereocenters. The molecule has 0 saturated carbocycles. The van der Waals surface area contributed by atoms with Gasteiger partial charge < -0.3 is 10.8 Å². The minimum Gasteiger partial charge on any atom is -0.480 e. The summed E-state index contributed by atoms with van der Waals surface area (Å²) in [5.74, 6) is -1.02. The van der Waals surface area contributed by atoms with Crippen LogP contribution in [0.1, 0.15) is 11.1 Å². The Balaban J connectivity index is 2.69. The van der Waals surface area contributed by atoms with Crippen LogP contribution < -0.4 is 5.73 Å². The van der Waals surface area contributed by atoms with Gasteiger partial charge in [0.1, 0.15) is 6.04 Å². The summed E-state index contributed by atoms with van der Waals surface area (Å²) in [5, 5.41) is 8.53. The zero-order valence-electron chi connectivity index (χ0n) is 7.97. The molecule has 1 aromatic rings. The molecule has 3 heteroatoms. The lowest BCUT2D eigenvalue weighted by atomic mass is 10.1. The highest BCUT2D eigenvalue weighted by molar-refractivity contribution is 5.77. The predicted molar refractivity (Wildman–Crippen MR) is 55.8 cm³/mol. The molecule has 0 amide bonds. The predicted octanol–water partition coefficient (Wildman–Crippen LogP) is 1.42. The van der Waals surface area contributed by atoms with E-state index in [0.29, 0.717) is 0 Å². The third kappa shape index (κ3) is 3.03. The van der Waals surface area contributed by atoms with Gasteiger partial charge in [0.15, 0.2) is 0 Å². The van der Waals surface area contributed by atoms with E-state index in [9.17, 15) is 4.79 Å². The lowest BCUT2D eigenvalue weighted by Crippen LogP contribution is -2.27. The highest BCUT2D eigenvalue weighted by Gasteiger charge is 2.05. The van der Waals surface area contributed by atoms with Crippen LogP contribution in [0.2, 0.25) is 0 Å². The largest absolute Gasteiger partial charge is 0.480 e. The van der Waals surface area contributed by atoms with Crippen LogP contribution in [-0.4, -0.2) is 17.1 Å². The van der Waals surface area contributed by atoms with Crippen molar-refractivity contribution in [3.63, 3.8) is 0 Å². The molecule has 0 unspecified atom stereocenters. The molecule has 0 saturated heterocycles. The molecule has 0 aromatic heterocycles. The second-order valence-corrected chi connectivity index (χ2v) is 3.13. The van der Waals surface area contributed by atoms with Crippen LogP contribution in [0.15, 0.2) is 30.3 Å². The van der Waals surface area contributed by atoms with Gasteiger partial charge in [-0.1, -0.05) is 42.0 Å². The van der Waals surface area contributed by atoms with Crippen LogP contribution in [0.5, 0.6) is 0 Å². The molecular weight excluding hydrogens is 178 g/mol. The number of hydrogen-bond donors (Lipinski definition) is 2. The monoisotopic (exact) mass is 191 g/mol. The number of carbonyl (C=O) groups is 1. The highest BCUT2D eigenvalue weighted by Crippen LogP contribution is 2.05. The van der Waals surface area contributed by atoms with Crippen LogP contribution in [0.3, 0.4) is 0 Å². The van der Waals surface area contributed by atoms with Crippen molar-refractivity contribution in [3.05, 3.63) is 41.5 Å². The number of hydrogen-bond acceptors (Lipinski definition) is 2. The van der Waals surface area contributed by atoms with Crippen molar-refractivity contribution in [1.29, 1.82) is 0 Å². The molecule has 1 rings (SSSR count). The van der Waals surface area contributed by atoms with E-state index in [0.717, 1.165) is 5.56 Å². The van der Waals surface area contributed by atoms with Gasteiger partial charge in [-0.2, -0.15) is 0 Å². The average Bonchev–Trinajstić information content (AvgIpc) is 2.16. The van der Waals surface area contributed by atoms with Gasteiger partial charge in [0, 0.05) is 0 Å². The van der Waals surface area contributed by atoms with Crippen molar-refractivity contribution in [1.82, 2.24) is 0 Å². The highest BCUT2D eigenvalue weighted by atomic mass is 16.4. The fourth-order valence-electron chi connectivity index (χ4n) is 0.975. The van der Waals surface area contributed by atoms with Crippen molar-refractivity contribution < 1.29 is 9.90 Å². The summed E-state index contributed by atoms with van der Waals surface area (Å²) in [6, 6.07) is 6.83. The molecule has 0 aliphatic heterocycles. The molecule has 0 bridgehead atoms. The zero-order valence-corrected chi connectivity index (χ0v) is 7.97. The first kappa shape index (κ1) is 10.5. The number of aliphatic carboxylic acids is 1.